The van der Waals surface area contributed by atoms with Crippen molar-refractivity contribution in [1.29, 1.82) is 0 Å². The van der Waals surface area contributed by atoms with Crippen molar-refractivity contribution >= 4 is 16.4 Å². The van der Waals surface area contributed by atoms with Crippen LogP contribution in [0.15, 0.2) is 0 Å². The molecule has 19 heavy (non-hydrogen) atoms. The fourth-order valence-electron chi connectivity index (χ4n) is 1.20. The van der Waals surface area contributed by atoms with Crippen LogP contribution in [0.1, 0.15) is 33.6 Å². The third-order valence-electron chi connectivity index (χ3n) is 3.40. The van der Waals surface area contributed by atoms with Crippen LogP contribution in [0, 0.1) is 23.8 Å². The highest BCUT2D eigenvalue weighted by molar-refractivity contribution is 6.83. The second kappa shape index (κ2) is 6.79. The maximum absolute atomic E-state index is 6.39. The lowest BCUT2D eigenvalue weighted by Gasteiger charge is -2.38. The Kier molecular flexibility index (Phi) is 6.62. The smallest absolute Gasteiger partial charge is 0.193 e. The summed E-state index contributed by atoms with van der Waals surface area (Å²) in [5, 5.41) is 0.211. The lowest BCUT2D eigenvalue weighted by Crippen LogP contribution is -2.43. The third-order valence-corrected chi connectivity index (χ3v) is 8.78. The fourth-order valence-corrected chi connectivity index (χ4v) is 3.04. The molecule has 0 fully saturated rings. The Morgan fingerprint density at radius 2 is 1.63 bits per heavy atom. The Morgan fingerprint density at radius 3 is 2.00 bits per heavy atom. The summed E-state index contributed by atoms with van der Waals surface area (Å²) in [5.41, 5.74) is 3.42. The van der Waals surface area contributed by atoms with Gasteiger partial charge in [-0.1, -0.05) is 46.3 Å². The van der Waals surface area contributed by atoms with Crippen LogP contribution in [0.5, 0.6) is 0 Å². The van der Waals surface area contributed by atoms with Crippen LogP contribution in [-0.2, 0) is 4.43 Å². The van der Waals surface area contributed by atoms with E-state index in [9.17, 15) is 0 Å². The van der Waals surface area contributed by atoms with Gasteiger partial charge in [-0.15, -0.1) is 17.9 Å². The van der Waals surface area contributed by atoms with Crippen LogP contribution in [0.25, 0.3) is 0 Å². The van der Waals surface area contributed by atoms with Gasteiger partial charge in [0.15, 0.2) is 8.32 Å². The predicted molar refractivity (Wildman–Crippen MR) is 91.3 cm³/mol. The van der Waals surface area contributed by atoms with E-state index in [0.29, 0.717) is 0 Å². The molecule has 0 aliphatic carbocycles. The minimum absolute atomic E-state index is 0.00340. The topological polar surface area (TPSA) is 9.23 Å². The number of hydrogen-bond acceptors (Lipinski definition) is 1. The lowest BCUT2D eigenvalue weighted by molar-refractivity contribution is 0.225. The molecule has 0 aliphatic heterocycles. The van der Waals surface area contributed by atoms with E-state index >= 15 is 0 Å². The average Bonchev–Trinajstić information content (AvgIpc) is 2.19. The van der Waals surface area contributed by atoms with Crippen molar-refractivity contribution < 1.29 is 4.43 Å². The predicted octanol–water partition coefficient (Wildman–Crippen LogP) is 4.67. The summed E-state index contributed by atoms with van der Waals surface area (Å²) in [5.74, 6) is 6.05. The Labute approximate surface area is 122 Å². The van der Waals surface area contributed by atoms with Gasteiger partial charge in [0.05, 0.1) is 0 Å². The van der Waals surface area contributed by atoms with Crippen molar-refractivity contribution in [2.45, 2.75) is 77.5 Å². The van der Waals surface area contributed by atoms with Crippen molar-refractivity contribution in [3.63, 3.8) is 0 Å². The van der Waals surface area contributed by atoms with Crippen LogP contribution in [0.3, 0.4) is 0 Å². The minimum atomic E-state index is -1.77. The summed E-state index contributed by atoms with van der Waals surface area (Å²) in [6.07, 6.45) is 6.96. The maximum atomic E-state index is 6.39. The summed E-state index contributed by atoms with van der Waals surface area (Å²) >= 11 is 0. The molecule has 0 aromatic carbocycles. The van der Waals surface area contributed by atoms with Crippen LogP contribution in [-0.4, -0.2) is 22.5 Å². The monoisotopic (exact) mass is 294 g/mol. The molecular formula is C16H30OSi2. The zero-order valence-electron chi connectivity index (χ0n) is 14.0. The molecule has 0 spiro atoms. The molecule has 0 amide bonds. The van der Waals surface area contributed by atoms with Gasteiger partial charge in [0, 0.05) is 6.42 Å². The van der Waals surface area contributed by atoms with Crippen LogP contribution >= 0.6 is 0 Å². The van der Waals surface area contributed by atoms with E-state index in [4.69, 9.17) is 10.8 Å². The molecule has 0 rings (SSSR count). The molecule has 0 saturated carbocycles. The second-order valence-electron chi connectivity index (χ2n) is 7.63. The first-order chi connectivity index (χ1) is 8.39. The molecule has 0 aliphatic rings. The SMILES string of the molecule is C#CCCC(C#C[Si](C)(C)C)O[Si](C)(C)C(C)(C)C. The van der Waals surface area contributed by atoms with Crippen LogP contribution in [0.2, 0.25) is 37.8 Å². The van der Waals surface area contributed by atoms with E-state index in [1.165, 1.54) is 0 Å². The van der Waals surface area contributed by atoms with Crippen molar-refractivity contribution in [2.75, 3.05) is 0 Å². The first-order valence-electron chi connectivity index (χ1n) is 7.03. The quantitative estimate of drug-likeness (QED) is 0.541. The zero-order valence-corrected chi connectivity index (χ0v) is 16.0. The fraction of sp³-hybridized carbons (Fsp3) is 0.750. The highest BCUT2D eigenvalue weighted by Crippen LogP contribution is 2.37. The van der Waals surface area contributed by atoms with E-state index in [0.717, 1.165) is 12.8 Å². The zero-order chi connectivity index (χ0) is 15.3. The Morgan fingerprint density at radius 1 is 1.11 bits per heavy atom. The van der Waals surface area contributed by atoms with Crippen LogP contribution < -0.4 is 0 Å². The molecule has 108 valence electrons. The van der Waals surface area contributed by atoms with Gasteiger partial charge in [-0.3, -0.25) is 0 Å². The van der Waals surface area contributed by atoms with E-state index in [2.05, 4.69) is 70.9 Å². The highest BCUT2D eigenvalue weighted by Gasteiger charge is 2.38. The van der Waals surface area contributed by atoms with Gasteiger partial charge in [0.1, 0.15) is 14.2 Å². The molecule has 0 bridgehead atoms. The van der Waals surface area contributed by atoms with Crippen molar-refractivity contribution in [3.8, 4) is 23.8 Å². The minimum Gasteiger partial charge on any atom is -0.403 e. The first kappa shape index (κ1) is 18.5. The summed E-state index contributed by atoms with van der Waals surface area (Å²) in [4.78, 5) is 0. The van der Waals surface area contributed by atoms with Gasteiger partial charge < -0.3 is 4.43 Å². The molecule has 1 unspecified atom stereocenters. The second-order valence-corrected chi connectivity index (χ2v) is 17.1. The standard InChI is InChI=1S/C16H30OSi2/c1-10-11-12-15(13-14-18(5,6)7)17-19(8,9)16(2,3)4/h1,15H,11-12H2,2-9H3. The van der Waals surface area contributed by atoms with Gasteiger partial charge in [-0.2, -0.15) is 0 Å². The summed E-state index contributed by atoms with van der Waals surface area (Å²) in [6, 6.07) is 0. The van der Waals surface area contributed by atoms with Gasteiger partial charge in [0.2, 0.25) is 0 Å². The Hall–Kier alpha value is -0.486. The van der Waals surface area contributed by atoms with E-state index in [1.54, 1.807) is 0 Å². The van der Waals surface area contributed by atoms with Crippen molar-refractivity contribution in [1.82, 2.24) is 0 Å². The maximum Gasteiger partial charge on any atom is 0.193 e. The molecule has 0 saturated heterocycles. The van der Waals surface area contributed by atoms with Crippen molar-refractivity contribution in [2.24, 2.45) is 0 Å². The molecule has 0 aromatic rings. The molecule has 0 radical (unpaired) electrons. The molecule has 0 N–H and O–H groups in total. The summed E-state index contributed by atoms with van der Waals surface area (Å²) in [7, 11) is -3.13. The van der Waals surface area contributed by atoms with E-state index in [-0.39, 0.29) is 11.1 Å². The molecular weight excluding hydrogens is 264 g/mol. The summed E-state index contributed by atoms with van der Waals surface area (Å²) < 4.78 is 6.39. The molecule has 1 atom stereocenters. The normalized spacial score (nSPS) is 14.3. The Bertz CT molecular complexity index is 380. The third kappa shape index (κ3) is 7.62. The highest BCUT2D eigenvalue weighted by atomic mass is 28.4. The lowest BCUT2D eigenvalue weighted by atomic mass is 10.2. The number of terminal acetylenes is 1. The van der Waals surface area contributed by atoms with Gasteiger partial charge >= 0.3 is 0 Å². The van der Waals surface area contributed by atoms with Gasteiger partial charge in [-0.25, -0.2) is 0 Å². The van der Waals surface area contributed by atoms with Crippen LogP contribution in [0.4, 0.5) is 0 Å². The largest absolute Gasteiger partial charge is 0.403 e. The Balaban J connectivity index is 4.97. The van der Waals surface area contributed by atoms with E-state index < -0.39 is 16.4 Å². The number of rotatable bonds is 4. The molecule has 3 heteroatoms. The average molecular weight is 295 g/mol. The molecule has 1 nitrogen and oxygen atoms in total. The number of hydrogen-bond donors (Lipinski definition) is 0. The van der Waals surface area contributed by atoms with Crippen molar-refractivity contribution in [3.05, 3.63) is 0 Å². The first-order valence-corrected chi connectivity index (χ1v) is 13.4. The molecule has 0 heterocycles. The van der Waals surface area contributed by atoms with Gasteiger partial charge in [0.25, 0.3) is 0 Å². The van der Waals surface area contributed by atoms with E-state index in [1.807, 2.05) is 0 Å². The summed E-state index contributed by atoms with van der Waals surface area (Å²) in [6.45, 7) is 18.1. The van der Waals surface area contributed by atoms with Gasteiger partial charge in [-0.05, 0) is 24.6 Å². The molecule has 0 aromatic heterocycles.